The highest BCUT2D eigenvalue weighted by atomic mass is 32.2. The van der Waals surface area contributed by atoms with Crippen molar-refractivity contribution in [3.8, 4) is 5.75 Å². The van der Waals surface area contributed by atoms with Crippen molar-refractivity contribution < 1.29 is 18.4 Å². The molecule has 0 aliphatic heterocycles. The monoisotopic (exact) mass is 406 g/mol. The molecular weight excluding hydrogens is 384 g/mol. The van der Waals surface area contributed by atoms with Crippen molar-refractivity contribution in [2.45, 2.75) is 25.7 Å². The number of hydrogen-bond donors (Lipinski definition) is 2. The van der Waals surface area contributed by atoms with Crippen LogP contribution >= 0.6 is 0 Å². The van der Waals surface area contributed by atoms with Gasteiger partial charge in [0.25, 0.3) is 5.69 Å². The number of phenols is 1. The minimum atomic E-state index is -3.94. The third-order valence-electron chi connectivity index (χ3n) is 4.13. The number of nitro benzene ring substituents is 1. The topological polar surface area (TPSA) is 125 Å². The fourth-order valence-corrected chi connectivity index (χ4v) is 4.16. The molecule has 0 heterocycles. The molecule has 10 heteroatoms. The zero-order chi connectivity index (χ0) is 20.9. The maximum atomic E-state index is 12.9. The van der Waals surface area contributed by atoms with Crippen molar-refractivity contribution in [2.75, 3.05) is 18.5 Å². The van der Waals surface area contributed by atoms with Crippen molar-refractivity contribution >= 4 is 27.1 Å². The highest BCUT2D eigenvalue weighted by molar-refractivity contribution is 7.89. The quantitative estimate of drug-likeness (QED) is 0.394. The number of aromatic hydroxyl groups is 1. The van der Waals surface area contributed by atoms with Gasteiger partial charge in [-0.05, 0) is 42.8 Å². The SMILES string of the molecule is CCN(CC)S(=O)(=O)c1cc([N+](=O)[O-])ccc1N/N=C(\C)c1ccc(O)cc1. The van der Waals surface area contributed by atoms with Crippen LogP contribution in [0, 0.1) is 10.1 Å². The third kappa shape index (κ3) is 4.65. The molecule has 0 unspecified atom stereocenters. The number of benzene rings is 2. The van der Waals surface area contributed by atoms with Gasteiger partial charge in [0.1, 0.15) is 10.6 Å². The summed E-state index contributed by atoms with van der Waals surface area (Å²) in [6, 6.07) is 9.92. The van der Waals surface area contributed by atoms with Crippen LogP contribution in [0.25, 0.3) is 0 Å². The molecule has 0 spiro atoms. The van der Waals surface area contributed by atoms with Crippen LogP contribution in [0.1, 0.15) is 26.3 Å². The highest BCUT2D eigenvalue weighted by Crippen LogP contribution is 2.29. The molecule has 2 aromatic rings. The number of sulfonamides is 1. The van der Waals surface area contributed by atoms with E-state index in [2.05, 4.69) is 10.5 Å². The van der Waals surface area contributed by atoms with Crippen LogP contribution < -0.4 is 5.43 Å². The molecule has 150 valence electrons. The first-order chi connectivity index (χ1) is 13.2. The Kier molecular flexibility index (Phi) is 6.71. The fraction of sp³-hybridized carbons (Fsp3) is 0.278. The van der Waals surface area contributed by atoms with Gasteiger partial charge in [0.2, 0.25) is 10.0 Å². The maximum Gasteiger partial charge on any atom is 0.270 e. The summed E-state index contributed by atoms with van der Waals surface area (Å²) in [6.45, 7) is 5.56. The van der Waals surface area contributed by atoms with Crippen molar-refractivity contribution in [3.63, 3.8) is 0 Å². The molecule has 0 amide bonds. The zero-order valence-electron chi connectivity index (χ0n) is 15.8. The Morgan fingerprint density at radius 1 is 1.18 bits per heavy atom. The molecular formula is C18H22N4O5S. The second-order valence-corrected chi connectivity index (χ2v) is 7.79. The number of non-ortho nitro benzene ring substituents is 1. The summed E-state index contributed by atoms with van der Waals surface area (Å²) < 4.78 is 27.1. The summed E-state index contributed by atoms with van der Waals surface area (Å²) in [5.74, 6) is 0.118. The van der Waals surface area contributed by atoms with Crippen molar-refractivity contribution in [3.05, 3.63) is 58.1 Å². The lowest BCUT2D eigenvalue weighted by molar-refractivity contribution is -0.385. The number of rotatable bonds is 8. The van der Waals surface area contributed by atoms with E-state index in [1.165, 1.54) is 28.6 Å². The van der Waals surface area contributed by atoms with E-state index in [4.69, 9.17) is 0 Å². The summed E-state index contributed by atoms with van der Waals surface area (Å²) in [4.78, 5) is 10.2. The van der Waals surface area contributed by atoms with E-state index in [9.17, 15) is 23.6 Å². The van der Waals surface area contributed by atoms with Gasteiger partial charge in [-0.2, -0.15) is 9.41 Å². The largest absolute Gasteiger partial charge is 0.508 e. The Balaban J connectivity index is 2.47. The molecule has 0 aliphatic carbocycles. The molecule has 0 bridgehead atoms. The average Bonchev–Trinajstić information content (AvgIpc) is 2.67. The molecule has 2 aromatic carbocycles. The maximum absolute atomic E-state index is 12.9. The van der Waals surface area contributed by atoms with Crippen LogP contribution in [0.15, 0.2) is 52.5 Å². The van der Waals surface area contributed by atoms with Crippen molar-refractivity contribution in [2.24, 2.45) is 5.10 Å². The minimum Gasteiger partial charge on any atom is -0.508 e. The van der Waals surface area contributed by atoms with Crippen LogP contribution in [-0.2, 0) is 10.0 Å². The second kappa shape index (κ2) is 8.81. The first kappa shape index (κ1) is 21.3. The van der Waals surface area contributed by atoms with E-state index < -0.39 is 14.9 Å². The first-order valence-electron chi connectivity index (χ1n) is 8.59. The summed E-state index contributed by atoms with van der Waals surface area (Å²) in [6.07, 6.45) is 0. The average molecular weight is 406 g/mol. The Labute approximate surface area is 163 Å². The van der Waals surface area contributed by atoms with E-state index in [0.29, 0.717) is 5.71 Å². The molecule has 0 aliphatic rings. The number of hydrogen-bond acceptors (Lipinski definition) is 7. The van der Waals surface area contributed by atoms with E-state index >= 15 is 0 Å². The normalized spacial score (nSPS) is 12.2. The molecule has 0 saturated carbocycles. The number of nitrogens with zero attached hydrogens (tertiary/aromatic N) is 3. The summed E-state index contributed by atoms with van der Waals surface area (Å²) in [5.41, 5.74) is 3.78. The number of nitrogens with one attached hydrogen (secondary N) is 1. The van der Waals surface area contributed by atoms with Crippen LogP contribution in [0.5, 0.6) is 5.75 Å². The summed E-state index contributed by atoms with van der Waals surface area (Å²) in [7, 11) is -3.94. The Morgan fingerprint density at radius 3 is 2.32 bits per heavy atom. The first-order valence-corrected chi connectivity index (χ1v) is 10.0. The molecule has 0 saturated heterocycles. The number of nitro groups is 1. The lowest BCUT2D eigenvalue weighted by Crippen LogP contribution is -2.31. The van der Waals surface area contributed by atoms with Gasteiger partial charge in [-0.1, -0.05) is 13.8 Å². The van der Waals surface area contributed by atoms with Crippen molar-refractivity contribution in [1.82, 2.24) is 4.31 Å². The van der Waals surface area contributed by atoms with Gasteiger partial charge >= 0.3 is 0 Å². The van der Waals surface area contributed by atoms with Gasteiger partial charge < -0.3 is 5.11 Å². The molecule has 2 rings (SSSR count). The molecule has 0 atom stereocenters. The Hall–Kier alpha value is -2.98. The Morgan fingerprint density at radius 2 is 1.79 bits per heavy atom. The summed E-state index contributed by atoms with van der Waals surface area (Å²) in [5, 5.41) is 24.7. The van der Waals surface area contributed by atoms with Crippen LogP contribution in [-0.4, -0.2) is 41.6 Å². The Bertz CT molecular complexity index is 984. The van der Waals surface area contributed by atoms with Gasteiger partial charge in [0.15, 0.2) is 0 Å². The van der Waals surface area contributed by atoms with E-state index in [1.807, 2.05) is 0 Å². The van der Waals surface area contributed by atoms with Gasteiger partial charge in [0, 0.05) is 25.2 Å². The van der Waals surface area contributed by atoms with Crippen LogP contribution in [0.2, 0.25) is 0 Å². The standard InChI is InChI=1S/C18H22N4O5S/c1-4-21(5-2)28(26,27)18-12-15(22(24)25)8-11-17(18)20-19-13(3)14-6-9-16(23)10-7-14/h6-12,20,23H,4-5H2,1-3H3/b19-13+. The van der Waals surface area contributed by atoms with Crippen molar-refractivity contribution in [1.29, 1.82) is 0 Å². The highest BCUT2D eigenvalue weighted by Gasteiger charge is 2.27. The van der Waals surface area contributed by atoms with Crippen LogP contribution in [0.3, 0.4) is 0 Å². The minimum absolute atomic E-state index is 0.118. The van der Waals surface area contributed by atoms with E-state index in [0.717, 1.165) is 11.6 Å². The predicted octanol–water partition coefficient (Wildman–Crippen LogP) is 3.17. The second-order valence-electron chi connectivity index (χ2n) is 5.88. The molecule has 2 N–H and O–H groups in total. The molecule has 28 heavy (non-hydrogen) atoms. The van der Waals surface area contributed by atoms with E-state index in [1.54, 1.807) is 32.9 Å². The van der Waals surface area contributed by atoms with Gasteiger partial charge in [0.05, 0.1) is 16.3 Å². The van der Waals surface area contributed by atoms with Crippen LogP contribution in [0.4, 0.5) is 11.4 Å². The fourth-order valence-electron chi connectivity index (χ4n) is 2.54. The smallest absolute Gasteiger partial charge is 0.270 e. The van der Waals surface area contributed by atoms with E-state index in [-0.39, 0.29) is 35.1 Å². The lowest BCUT2D eigenvalue weighted by Gasteiger charge is -2.20. The predicted molar refractivity (Wildman–Crippen MR) is 107 cm³/mol. The number of hydrazone groups is 1. The molecule has 0 aromatic heterocycles. The lowest BCUT2D eigenvalue weighted by atomic mass is 10.1. The number of phenolic OH excluding ortho intramolecular Hbond substituents is 1. The molecule has 0 radical (unpaired) electrons. The molecule has 0 fully saturated rings. The van der Waals surface area contributed by atoms with Gasteiger partial charge in [-0.15, -0.1) is 0 Å². The number of anilines is 1. The van der Waals surface area contributed by atoms with Gasteiger partial charge in [-0.25, -0.2) is 8.42 Å². The third-order valence-corrected chi connectivity index (χ3v) is 6.22. The summed E-state index contributed by atoms with van der Waals surface area (Å²) >= 11 is 0. The van der Waals surface area contributed by atoms with Gasteiger partial charge in [-0.3, -0.25) is 15.5 Å². The zero-order valence-corrected chi connectivity index (χ0v) is 16.6. The molecule has 9 nitrogen and oxygen atoms in total.